The maximum atomic E-state index is 2.35. The molecule has 1 aromatic carbocycles. The average Bonchev–Trinajstić information content (AvgIpc) is 3.16. The largest absolute Gasteiger partial charge is 0.143 e. The summed E-state index contributed by atoms with van der Waals surface area (Å²) in [5.41, 5.74) is 4.18. The van der Waals surface area contributed by atoms with Crippen molar-refractivity contribution in [2.24, 2.45) is 0 Å². The molecule has 0 spiro atoms. The summed E-state index contributed by atoms with van der Waals surface area (Å²) in [5.74, 6) is 0. The summed E-state index contributed by atoms with van der Waals surface area (Å²) < 4.78 is 0. The highest BCUT2D eigenvalue weighted by Crippen LogP contribution is 2.54. The smallest absolute Gasteiger partial charge is 0.0489 e. The number of fused-ring (bicyclic) bond motifs is 3. The van der Waals surface area contributed by atoms with Gasteiger partial charge in [0.25, 0.3) is 0 Å². The van der Waals surface area contributed by atoms with Gasteiger partial charge in [0.05, 0.1) is 0 Å². The van der Waals surface area contributed by atoms with Crippen LogP contribution >= 0.6 is 22.7 Å². The van der Waals surface area contributed by atoms with Crippen molar-refractivity contribution in [3.63, 3.8) is 0 Å². The van der Waals surface area contributed by atoms with E-state index in [1.807, 2.05) is 22.7 Å². The molecule has 20 heavy (non-hydrogen) atoms. The van der Waals surface area contributed by atoms with Crippen molar-refractivity contribution in [1.82, 2.24) is 0 Å². The Balaban J connectivity index is 1.84. The van der Waals surface area contributed by atoms with Crippen molar-refractivity contribution >= 4 is 28.7 Å². The van der Waals surface area contributed by atoms with Crippen LogP contribution in [-0.2, 0) is 5.41 Å². The van der Waals surface area contributed by atoms with Crippen molar-refractivity contribution in [3.8, 4) is 9.75 Å². The van der Waals surface area contributed by atoms with Crippen molar-refractivity contribution in [2.75, 3.05) is 0 Å². The molecule has 0 nitrogen and oxygen atoms in total. The third-order valence-corrected chi connectivity index (χ3v) is 6.06. The average molecular weight is 294 g/mol. The zero-order chi connectivity index (χ0) is 13.6. The van der Waals surface area contributed by atoms with Crippen LogP contribution in [0.4, 0.5) is 0 Å². The van der Waals surface area contributed by atoms with E-state index in [4.69, 9.17) is 0 Å². The van der Waals surface area contributed by atoms with Crippen molar-refractivity contribution in [2.45, 2.75) is 12.3 Å². The summed E-state index contributed by atoms with van der Waals surface area (Å²) >= 11 is 3.72. The number of thiophene rings is 2. The predicted molar refractivity (Wildman–Crippen MR) is 89.6 cm³/mol. The van der Waals surface area contributed by atoms with Crippen LogP contribution in [0.1, 0.15) is 23.6 Å². The van der Waals surface area contributed by atoms with Gasteiger partial charge in [-0.05, 0) is 46.5 Å². The highest BCUT2D eigenvalue weighted by molar-refractivity contribution is 7.21. The van der Waals surface area contributed by atoms with Crippen molar-refractivity contribution < 1.29 is 0 Å². The van der Waals surface area contributed by atoms with Crippen LogP contribution in [-0.4, -0.2) is 0 Å². The molecule has 0 atom stereocenters. The second-order valence-electron chi connectivity index (χ2n) is 5.27. The van der Waals surface area contributed by atoms with E-state index >= 15 is 0 Å². The fourth-order valence-corrected chi connectivity index (χ4v) is 5.16. The molecule has 0 N–H and O–H groups in total. The molecule has 0 radical (unpaired) electrons. The molecule has 0 fully saturated rings. The lowest BCUT2D eigenvalue weighted by atomic mass is 9.81. The van der Waals surface area contributed by atoms with Gasteiger partial charge in [0, 0.05) is 15.2 Å². The Labute approximate surface area is 127 Å². The van der Waals surface area contributed by atoms with Gasteiger partial charge in [-0.25, -0.2) is 0 Å². The summed E-state index contributed by atoms with van der Waals surface area (Å²) in [7, 11) is 0. The van der Waals surface area contributed by atoms with Gasteiger partial charge in [-0.15, -0.1) is 22.7 Å². The lowest BCUT2D eigenvalue weighted by molar-refractivity contribution is 0.755. The predicted octanol–water partition coefficient (Wildman–Crippen LogP) is 5.81. The molecule has 0 aliphatic heterocycles. The first kappa shape index (κ1) is 12.1. The molecular weight excluding hydrogens is 280 g/mol. The molecule has 1 aliphatic rings. The van der Waals surface area contributed by atoms with Crippen LogP contribution in [0.2, 0.25) is 0 Å². The zero-order valence-electron chi connectivity index (χ0n) is 11.2. The molecule has 4 rings (SSSR count). The molecule has 3 aromatic rings. The van der Waals surface area contributed by atoms with Crippen molar-refractivity contribution in [3.05, 3.63) is 76.0 Å². The monoisotopic (exact) mass is 294 g/mol. The first-order valence-electron chi connectivity index (χ1n) is 6.70. The van der Waals surface area contributed by atoms with Gasteiger partial charge >= 0.3 is 0 Å². The Kier molecular flexibility index (Phi) is 2.69. The van der Waals surface area contributed by atoms with Crippen molar-refractivity contribution in [1.29, 1.82) is 0 Å². The van der Waals surface area contributed by atoms with Crippen LogP contribution in [0.3, 0.4) is 0 Å². The molecule has 98 valence electrons. The fraction of sp³-hybridized carbons (Fsp3) is 0.111. The maximum Gasteiger partial charge on any atom is 0.0489 e. The number of allylic oxidation sites excluding steroid dienone is 1. The van der Waals surface area contributed by atoms with E-state index < -0.39 is 0 Å². The molecule has 2 aromatic heterocycles. The van der Waals surface area contributed by atoms with E-state index in [0.29, 0.717) is 0 Å². The number of benzene rings is 1. The summed E-state index contributed by atoms with van der Waals surface area (Å²) in [4.78, 5) is 2.91. The van der Waals surface area contributed by atoms with Gasteiger partial charge in [0.15, 0.2) is 0 Å². The minimum atomic E-state index is 0.0144. The maximum absolute atomic E-state index is 2.35. The lowest BCUT2D eigenvalue weighted by Crippen LogP contribution is -2.15. The summed E-state index contributed by atoms with van der Waals surface area (Å²) in [6.45, 7) is 2.33. The second-order valence-corrected chi connectivity index (χ2v) is 7.11. The number of rotatable bonds is 2. The standard InChI is InChI=1S/C18H14S2/c1-18(10-7-13-5-3-2-4-6-13)14-8-11-19-16(14)17-15(18)9-12-20-17/h2-12H,1H3. The van der Waals surface area contributed by atoms with Gasteiger partial charge < -0.3 is 0 Å². The Bertz CT molecular complexity index is 734. The van der Waals surface area contributed by atoms with Gasteiger partial charge in [-0.3, -0.25) is 0 Å². The topological polar surface area (TPSA) is 0 Å². The SMILES string of the molecule is CC1(C=Cc2ccccc2)c2ccsc2-c2sccc21. The Morgan fingerprint density at radius 1 is 0.850 bits per heavy atom. The minimum Gasteiger partial charge on any atom is -0.143 e. The molecule has 1 aliphatic carbocycles. The van der Waals surface area contributed by atoms with E-state index in [-0.39, 0.29) is 5.41 Å². The lowest BCUT2D eigenvalue weighted by Gasteiger charge is -2.21. The zero-order valence-corrected chi connectivity index (χ0v) is 12.8. The second kappa shape index (κ2) is 4.44. The molecule has 2 heteroatoms. The summed E-state index contributed by atoms with van der Waals surface area (Å²) in [6.07, 6.45) is 4.60. The number of hydrogen-bond acceptors (Lipinski definition) is 2. The van der Waals surface area contributed by atoms with Gasteiger partial charge in [0.1, 0.15) is 0 Å². The Morgan fingerprint density at radius 2 is 1.45 bits per heavy atom. The van der Waals surface area contributed by atoms with E-state index in [0.717, 1.165) is 0 Å². The summed E-state index contributed by atoms with van der Waals surface area (Å²) in [6, 6.07) is 15.1. The molecule has 0 amide bonds. The Morgan fingerprint density at radius 3 is 2.05 bits per heavy atom. The molecule has 0 saturated carbocycles. The van der Waals surface area contributed by atoms with Crippen LogP contribution in [0, 0.1) is 0 Å². The normalized spacial score (nSPS) is 15.4. The van der Waals surface area contributed by atoms with Crippen LogP contribution < -0.4 is 0 Å². The van der Waals surface area contributed by atoms with Crippen LogP contribution in [0.25, 0.3) is 15.8 Å². The highest BCUT2D eigenvalue weighted by atomic mass is 32.1. The Hall–Kier alpha value is -1.64. The van der Waals surface area contributed by atoms with Crippen LogP contribution in [0.15, 0.2) is 59.3 Å². The fourth-order valence-electron chi connectivity index (χ4n) is 2.94. The quantitative estimate of drug-likeness (QED) is 0.559. The molecular formula is C18H14S2. The van der Waals surface area contributed by atoms with E-state index in [1.165, 1.54) is 26.4 Å². The van der Waals surface area contributed by atoms with Gasteiger partial charge in [-0.1, -0.05) is 42.5 Å². The highest BCUT2D eigenvalue weighted by Gasteiger charge is 2.39. The molecule has 0 unspecified atom stereocenters. The molecule has 0 bridgehead atoms. The molecule has 2 heterocycles. The third-order valence-electron chi connectivity index (χ3n) is 4.06. The number of hydrogen-bond donors (Lipinski definition) is 0. The first-order valence-corrected chi connectivity index (χ1v) is 8.45. The van der Waals surface area contributed by atoms with Gasteiger partial charge in [-0.2, -0.15) is 0 Å². The van der Waals surface area contributed by atoms with E-state index in [1.54, 1.807) is 0 Å². The first-order chi connectivity index (χ1) is 9.79. The van der Waals surface area contributed by atoms with Gasteiger partial charge in [0.2, 0.25) is 0 Å². The van der Waals surface area contributed by atoms with E-state index in [9.17, 15) is 0 Å². The van der Waals surface area contributed by atoms with E-state index in [2.05, 4.69) is 72.3 Å². The summed E-state index contributed by atoms with van der Waals surface area (Å²) in [5, 5.41) is 4.42. The third kappa shape index (κ3) is 1.65. The molecule has 0 saturated heterocycles. The van der Waals surface area contributed by atoms with Crippen LogP contribution in [0.5, 0.6) is 0 Å². The minimum absolute atomic E-state index is 0.0144.